The predicted octanol–water partition coefficient (Wildman–Crippen LogP) is 3.69. The zero-order valence-corrected chi connectivity index (χ0v) is 18.2. The first kappa shape index (κ1) is 20.5. The molecule has 0 aromatic carbocycles. The van der Waals surface area contributed by atoms with Crippen LogP contribution in [-0.2, 0) is 4.79 Å². The van der Waals surface area contributed by atoms with E-state index in [1.807, 2.05) is 0 Å². The number of nitrogens with one attached hydrogen (secondary N) is 1. The van der Waals surface area contributed by atoms with Crippen LogP contribution in [0.5, 0.6) is 0 Å². The van der Waals surface area contributed by atoms with E-state index in [0.29, 0.717) is 36.0 Å². The Hall–Kier alpha value is -0.450. The molecule has 4 heteroatoms. The largest absolute Gasteiger partial charge is 0.396 e. The minimum atomic E-state index is -0.426. The van der Waals surface area contributed by atoms with E-state index in [1.165, 1.54) is 32.1 Å². The average molecular weight is 404 g/mol. The minimum absolute atomic E-state index is 0.00669. The van der Waals surface area contributed by atoms with E-state index < -0.39 is 6.10 Å². The van der Waals surface area contributed by atoms with Gasteiger partial charge in [0.25, 0.3) is 0 Å². The molecule has 1 saturated heterocycles. The van der Waals surface area contributed by atoms with Gasteiger partial charge in [0.05, 0.1) is 6.10 Å². The van der Waals surface area contributed by atoms with Crippen LogP contribution in [-0.4, -0.2) is 41.3 Å². The summed E-state index contributed by atoms with van der Waals surface area (Å²) in [5, 5.41) is 25.3. The highest BCUT2D eigenvalue weighted by atomic mass is 16.3. The molecule has 5 rings (SSSR count). The lowest BCUT2D eigenvalue weighted by molar-refractivity contribution is -0.198. The number of aliphatic hydroxyl groups excluding tert-OH is 2. The number of hydrogen-bond donors (Lipinski definition) is 3. The Morgan fingerprint density at radius 1 is 1.07 bits per heavy atom. The highest BCUT2D eigenvalue weighted by Gasteiger charge is 2.65. The van der Waals surface area contributed by atoms with Gasteiger partial charge in [0.15, 0.2) is 0 Å². The Labute approximate surface area is 176 Å². The number of Topliss-reactive ketones (excluding diaryl/α,β-unsaturated/α-hetero) is 1. The lowest BCUT2D eigenvalue weighted by Crippen LogP contribution is -2.62. The van der Waals surface area contributed by atoms with Crippen molar-refractivity contribution in [3.05, 3.63) is 0 Å². The molecule has 1 heterocycles. The molecule has 0 spiro atoms. The molecule has 0 bridgehead atoms. The Morgan fingerprint density at radius 3 is 2.62 bits per heavy atom. The van der Waals surface area contributed by atoms with Gasteiger partial charge in [-0.25, -0.2) is 0 Å². The van der Waals surface area contributed by atoms with Gasteiger partial charge in [-0.3, -0.25) is 4.79 Å². The molecule has 0 amide bonds. The van der Waals surface area contributed by atoms with Gasteiger partial charge in [0.2, 0.25) is 0 Å². The molecule has 0 aromatic heterocycles. The lowest BCUT2D eigenvalue weighted by atomic mass is 9.42. The van der Waals surface area contributed by atoms with Crippen LogP contribution in [0, 0.1) is 40.4 Å². The van der Waals surface area contributed by atoms with Crippen molar-refractivity contribution < 1.29 is 15.0 Å². The highest BCUT2D eigenvalue weighted by molar-refractivity contribution is 5.87. The van der Waals surface area contributed by atoms with Crippen LogP contribution in [0.4, 0.5) is 0 Å². The Morgan fingerprint density at radius 2 is 1.90 bits per heavy atom. The summed E-state index contributed by atoms with van der Waals surface area (Å²) in [5.74, 6) is 2.04. The van der Waals surface area contributed by atoms with Crippen molar-refractivity contribution >= 4 is 5.78 Å². The molecule has 0 aromatic rings. The standard InChI is InChI=1S/C25H41NO3/c1-24-11-3-2-6-18(24)17(15-27)23(29)22-19(24)9-13-25(20(22)7-8-21(25)28)12-4-5-16-10-14-26-16/h16-20,22-23,26-27,29H,2-15H2,1H3/t16?,17-,18?,19+,20+,22-,23-,24+,25+/m1/s1. The van der Waals surface area contributed by atoms with Gasteiger partial charge in [-0.1, -0.05) is 26.2 Å². The van der Waals surface area contributed by atoms with Crippen molar-refractivity contribution in [1.29, 1.82) is 0 Å². The topological polar surface area (TPSA) is 69.6 Å². The van der Waals surface area contributed by atoms with Crippen molar-refractivity contribution in [1.82, 2.24) is 5.32 Å². The fourth-order valence-electron chi connectivity index (χ4n) is 9.05. The number of hydrogen-bond acceptors (Lipinski definition) is 4. The maximum absolute atomic E-state index is 13.2. The molecule has 5 fully saturated rings. The number of fused-ring (bicyclic) bond motifs is 5. The van der Waals surface area contributed by atoms with Crippen LogP contribution in [0.3, 0.4) is 0 Å². The molecule has 3 N–H and O–H groups in total. The van der Waals surface area contributed by atoms with E-state index >= 15 is 0 Å². The van der Waals surface area contributed by atoms with Crippen molar-refractivity contribution in [2.45, 2.75) is 96.1 Å². The van der Waals surface area contributed by atoms with Crippen molar-refractivity contribution in [2.75, 3.05) is 13.2 Å². The maximum atomic E-state index is 13.2. The van der Waals surface area contributed by atoms with Crippen LogP contribution in [0.15, 0.2) is 0 Å². The molecule has 5 aliphatic rings. The zero-order chi connectivity index (χ0) is 20.2. The summed E-state index contributed by atoms with van der Waals surface area (Å²) in [6.07, 6.45) is 13.0. The molecule has 1 aliphatic heterocycles. The van der Waals surface area contributed by atoms with E-state index in [1.54, 1.807) is 0 Å². The number of ketones is 1. The van der Waals surface area contributed by atoms with Crippen molar-refractivity contribution in [2.24, 2.45) is 40.4 Å². The summed E-state index contributed by atoms with van der Waals surface area (Å²) in [5.41, 5.74) is 0.0625. The number of rotatable bonds is 5. The summed E-state index contributed by atoms with van der Waals surface area (Å²) >= 11 is 0. The highest BCUT2D eigenvalue weighted by Crippen LogP contribution is 2.67. The molecule has 29 heavy (non-hydrogen) atoms. The predicted molar refractivity (Wildman–Crippen MR) is 113 cm³/mol. The third kappa shape index (κ3) is 2.99. The van der Waals surface area contributed by atoms with Gasteiger partial charge in [-0.2, -0.15) is 0 Å². The van der Waals surface area contributed by atoms with Gasteiger partial charge in [-0.05, 0) is 87.0 Å². The second-order valence-electron chi connectivity index (χ2n) is 11.5. The normalized spacial score (nSPS) is 51.7. The average Bonchev–Trinajstić information content (AvgIpc) is 3.01. The first-order chi connectivity index (χ1) is 14.0. The summed E-state index contributed by atoms with van der Waals surface area (Å²) in [4.78, 5) is 13.2. The molecule has 2 unspecified atom stereocenters. The first-order valence-electron chi connectivity index (χ1n) is 12.6. The van der Waals surface area contributed by atoms with Crippen molar-refractivity contribution in [3.8, 4) is 0 Å². The Balaban J connectivity index is 1.42. The summed E-state index contributed by atoms with van der Waals surface area (Å²) in [6, 6.07) is 0.665. The fraction of sp³-hybridized carbons (Fsp3) is 0.960. The molecular formula is C25H41NO3. The van der Waals surface area contributed by atoms with Crippen LogP contribution in [0.25, 0.3) is 0 Å². The van der Waals surface area contributed by atoms with E-state index in [-0.39, 0.29) is 29.3 Å². The van der Waals surface area contributed by atoms with Crippen molar-refractivity contribution in [3.63, 3.8) is 0 Å². The summed E-state index contributed by atoms with van der Waals surface area (Å²) < 4.78 is 0. The van der Waals surface area contributed by atoms with Gasteiger partial charge in [0, 0.05) is 30.4 Å². The van der Waals surface area contributed by atoms with E-state index in [2.05, 4.69) is 12.2 Å². The van der Waals surface area contributed by atoms with Crippen LogP contribution in [0.2, 0.25) is 0 Å². The van der Waals surface area contributed by atoms with Gasteiger partial charge in [-0.15, -0.1) is 0 Å². The molecule has 164 valence electrons. The monoisotopic (exact) mass is 403 g/mol. The zero-order valence-electron chi connectivity index (χ0n) is 18.2. The third-order valence-electron chi connectivity index (χ3n) is 10.6. The fourth-order valence-corrected chi connectivity index (χ4v) is 9.05. The molecule has 4 aliphatic carbocycles. The molecule has 9 atom stereocenters. The van der Waals surface area contributed by atoms with Crippen LogP contribution in [0.1, 0.15) is 84.0 Å². The molecule has 0 radical (unpaired) electrons. The van der Waals surface area contributed by atoms with Gasteiger partial charge < -0.3 is 15.5 Å². The maximum Gasteiger partial charge on any atom is 0.139 e. The summed E-state index contributed by atoms with van der Waals surface area (Å²) in [6.45, 7) is 3.72. The van der Waals surface area contributed by atoms with Gasteiger partial charge in [0.1, 0.15) is 5.78 Å². The Kier molecular flexibility index (Phi) is 5.36. The quantitative estimate of drug-likeness (QED) is 0.655. The van der Waals surface area contributed by atoms with Gasteiger partial charge >= 0.3 is 0 Å². The SMILES string of the molecule is C[C@]12CCCCC1[C@@H](CO)[C@@H](O)[C@H]1[C@@H]3CCC(=O)[C@@]3(CCCC3CCN3)CC[C@@H]12. The molecule has 4 nitrogen and oxygen atoms in total. The van der Waals surface area contributed by atoms with Crippen LogP contribution >= 0.6 is 0 Å². The smallest absolute Gasteiger partial charge is 0.139 e. The van der Waals surface area contributed by atoms with E-state index in [9.17, 15) is 15.0 Å². The first-order valence-corrected chi connectivity index (χ1v) is 12.6. The lowest BCUT2D eigenvalue weighted by Gasteiger charge is -2.63. The second-order valence-corrected chi connectivity index (χ2v) is 11.5. The second kappa shape index (κ2) is 7.60. The van der Waals surface area contributed by atoms with E-state index in [0.717, 1.165) is 45.1 Å². The minimum Gasteiger partial charge on any atom is -0.396 e. The Bertz CT molecular complexity index is 634. The number of carbonyl (C=O) groups excluding carboxylic acids is 1. The van der Waals surface area contributed by atoms with Crippen LogP contribution < -0.4 is 5.32 Å². The third-order valence-corrected chi connectivity index (χ3v) is 10.6. The number of carbonyl (C=O) groups is 1. The summed E-state index contributed by atoms with van der Waals surface area (Å²) in [7, 11) is 0. The molecule has 4 saturated carbocycles. The van der Waals surface area contributed by atoms with E-state index in [4.69, 9.17) is 0 Å². The molecular weight excluding hydrogens is 362 g/mol. The number of aliphatic hydroxyl groups is 2.